The van der Waals surface area contributed by atoms with Crippen molar-refractivity contribution in [2.24, 2.45) is 0 Å². The van der Waals surface area contributed by atoms with Crippen LogP contribution in [0.1, 0.15) is 14.3 Å². The van der Waals surface area contributed by atoms with E-state index in [1.54, 1.807) is 0 Å². The quantitative estimate of drug-likeness (QED) is 0.446. The number of aromatic nitrogens is 6. The number of benzene rings is 1. The van der Waals surface area contributed by atoms with E-state index in [0.717, 1.165) is 47.7 Å². The Bertz CT molecular complexity index is 1050. The number of anilines is 3. The molecule has 0 radical (unpaired) electrons. The molecule has 4 aromatic rings. The number of nitrogens with zero attached hydrogens (tertiary/aromatic N) is 5. The second-order valence-electron chi connectivity index (χ2n) is 6.46. The second-order valence-corrected chi connectivity index (χ2v) is 6.46. The lowest BCUT2D eigenvalue weighted by molar-refractivity contribution is 0.478. The first-order valence-electron chi connectivity index (χ1n) is 8.76. The maximum absolute atomic E-state index is 4.61. The van der Waals surface area contributed by atoms with Gasteiger partial charge in [-0.25, -0.2) is 0 Å². The molecule has 1 fully saturated rings. The van der Waals surface area contributed by atoms with Gasteiger partial charge < -0.3 is 16.0 Å². The normalized spacial score (nSPS) is 17.6. The van der Waals surface area contributed by atoms with Crippen LogP contribution >= 0.6 is 0 Å². The summed E-state index contributed by atoms with van der Waals surface area (Å²) in [5, 5.41) is 25.6. The van der Waals surface area contributed by atoms with Crippen molar-refractivity contribution in [1.29, 1.82) is 0 Å². The molecular weight excluding hydrogens is 330 g/mol. The monoisotopic (exact) mass is 351 g/mol. The summed E-state index contributed by atoms with van der Waals surface area (Å²) in [5.41, 5.74) is 3.29. The number of hydrogen-bond acceptors (Lipinski definition) is 7. The number of fused-ring (bicyclic) bond motifs is 2. The third kappa shape index (κ3) is 2.82. The van der Waals surface area contributed by atoms with Gasteiger partial charge in [0.15, 0.2) is 5.65 Å². The molecule has 1 atom stereocenters. The number of nitrogens with one attached hydrogen (secondary N) is 4. The summed E-state index contributed by atoms with van der Waals surface area (Å²) in [6.45, 7) is 2.06. The van der Waals surface area contributed by atoms with Gasteiger partial charge in [0.1, 0.15) is 16.9 Å². The van der Waals surface area contributed by atoms with E-state index >= 15 is 0 Å². The second kappa shape index (κ2) is 6.26. The summed E-state index contributed by atoms with van der Waals surface area (Å²) < 4.78 is 1.84. The van der Waals surface area contributed by atoms with Crippen molar-refractivity contribution in [3.05, 3.63) is 36.4 Å². The first-order chi connectivity index (χ1) is 12.8. The molecular formula is C17H21N9. The van der Waals surface area contributed by atoms with Crippen molar-refractivity contribution in [2.45, 2.75) is 18.9 Å². The molecule has 0 aliphatic carbocycles. The van der Waals surface area contributed by atoms with Crippen LogP contribution in [-0.2, 0) is 0 Å². The Balaban J connectivity index is 0.00000180. The third-order valence-electron chi connectivity index (χ3n) is 4.58. The predicted molar refractivity (Wildman–Crippen MR) is 102 cm³/mol. The summed E-state index contributed by atoms with van der Waals surface area (Å²) in [6.07, 6.45) is 2.34. The van der Waals surface area contributed by atoms with Gasteiger partial charge in [-0.05, 0) is 49.7 Å². The topological polar surface area (TPSA) is 108 Å². The van der Waals surface area contributed by atoms with Gasteiger partial charge in [-0.1, -0.05) is 6.07 Å². The number of hydrogen-bond donors (Lipinski definition) is 4. The maximum atomic E-state index is 4.61. The molecule has 0 amide bonds. The first kappa shape index (κ1) is 15.1. The first-order valence-corrected chi connectivity index (χ1v) is 8.76. The third-order valence-corrected chi connectivity index (χ3v) is 4.58. The summed E-state index contributed by atoms with van der Waals surface area (Å²) in [6, 6.07) is 12.1. The van der Waals surface area contributed by atoms with Crippen molar-refractivity contribution in [3.8, 4) is 0 Å². The number of piperidine rings is 1. The molecule has 0 bridgehead atoms. The number of aromatic amines is 1. The molecule has 1 saturated heterocycles. The van der Waals surface area contributed by atoms with Crippen molar-refractivity contribution < 1.29 is 1.43 Å². The molecule has 0 saturated carbocycles. The van der Waals surface area contributed by atoms with Crippen LogP contribution in [0, 0.1) is 0 Å². The Morgan fingerprint density at radius 3 is 3.04 bits per heavy atom. The summed E-state index contributed by atoms with van der Waals surface area (Å²) in [4.78, 5) is 4.57. The largest absolute Gasteiger partial charge is 0.366 e. The van der Waals surface area contributed by atoms with Crippen LogP contribution in [0.5, 0.6) is 0 Å². The number of rotatable bonds is 4. The van der Waals surface area contributed by atoms with Gasteiger partial charge in [0.25, 0.3) is 0 Å². The zero-order chi connectivity index (χ0) is 17.3. The minimum Gasteiger partial charge on any atom is -0.366 e. The standard InChI is InChI=1S/C17H19N9.H2/c1-4-15(19-12-3-2-8-18-10-12)26-16(5-1)21-17(24-26)20-11-6-7-13-14(9-11)23-25-22-13;/h1,4-7,9,12,18-19H,2-3,8,10H2,(H,20,24)(H,22,23,25);1H/t12-;/m1./s1. The van der Waals surface area contributed by atoms with Crippen LogP contribution in [0.4, 0.5) is 17.5 Å². The van der Waals surface area contributed by atoms with Gasteiger partial charge in [0.2, 0.25) is 5.95 Å². The van der Waals surface area contributed by atoms with Crippen molar-refractivity contribution in [2.75, 3.05) is 23.7 Å². The van der Waals surface area contributed by atoms with E-state index in [1.165, 1.54) is 6.42 Å². The Labute approximate surface area is 150 Å². The minimum absolute atomic E-state index is 0. The molecule has 5 rings (SSSR count). The fourth-order valence-electron chi connectivity index (χ4n) is 3.30. The Morgan fingerprint density at radius 1 is 1.15 bits per heavy atom. The Hall–Kier alpha value is -3.20. The molecule has 1 aromatic carbocycles. The lowest BCUT2D eigenvalue weighted by atomic mass is 10.1. The molecule has 9 nitrogen and oxygen atoms in total. The van der Waals surface area contributed by atoms with E-state index in [9.17, 15) is 0 Å². The average Bonchev–Trinajstić information content (AvgIpc) is 3.29. The Kier molecular flexibility index (Phi) is 3.64. The van der Waals surface area contributed by atoms with E-state index in [-0.39, 0.29) is 1.43 Å². The SMILES string of the molecule is [HH].c1cc(N[C@@H]2CCCNC2)n2nc(Nc3ccc4n[nH]nc4c3)nc2c1. The molecule has 9 heteroatoms. The van der Waals surface area contributed by atoms with Gasteiger partial charge in [-0.3, -0.25) is 0 Å². The van der Waals surface area contributed by atoms with Crippen LogP contribution in [-0.4, -0.2) is 49.1 Å². The molecule has 4 N–H and O–H groups in total. The highest BCUT2D eigenvalue weighted by Crippen LogP contribution is 2.20. The molecule has 1 aliphatic rings. The highest BCUT2D eigenvalue weighted by molar-refractivity contribution is 5.79. The zero-order valence-electron chi connectivity index (χ0n) is 14.1. The van der Waals surface area contributed by atoms with Gasteiger partial charge in [0.05, 0.1) is 0 Å². The van der Waals surface area contributed by atoms with Crippen LogP contribution in [0.3, 0.4) is 0 Å². The predicted octanol–water partition coefficient (Wildman–Crippen LogP) is 2.15. The molecule has 1 aliphatic heterocycles. The van der Waals surface area contributed by atoms with Crippen LogP contribution < -0.4 is 16.0 Å². The van der Waals surface area contributed by atoms with Crippen LogP contribution in [0.2, 0.25) is 0 Å². The fourth-order valence-corrected chi connectivity index (χ4v) is 3.30. The van der Waals surface area contributed by atoms with E-state index in [2.05, 4.69) is 41.4 Å². The van der Waals surface area contributed by atoms with Gasteiger partial charge >= 0.3 is 0 Å². The molecule has 4 heterocycles. The number of pyridine rings is 1. The summed E-state index contributed by atoms with van der Waals surface area (Å²) in [7, 11) is 0. The van der Waals surface area contributed by atoms with E-state index in [1.807, 2.05) is 40.9 Å². The van der Waals surface area contributed by atoms with Crippen molar-refractivity contribution in [3.63, 3.8) is 0 Å². The van der Waals surface area contributed by atoms with E-state index in [4.69, 9.17) is 0 Å². The van der Waals surface area contributed by atoms with Crippen molar-refractivity contribution >= 4 is 34.1 Å². The minimum atomic E-state index is 0. The smallest absolute Gasteiger partial charge is 0.247 e. The highest BCUT2D eigenvalue weighted by Gasteiger charge is 2.15. The summed E-state index contributed by atoms with van der Waals surface area (Å²) in [5.74, 6) is 1.49. The van der Waals surface area contributed by atoms with Gasteiger partial charge in [-0.15, -0.1) is 5.10 Å². The zero-order valence-corrected chi connectivity index (χ0v) is 14.1. The van der Waals surface area contributed by atoms with Crippen molar-refractivity contribution in [1.82, 2.24) is 35.3 Å². The Morgan fingerprint density at radius 2 is 2.12 bits per heavy atom. The van der Waals surface area contributed by atoms with Gasteiger partial charge in [0, 0.05) is 19.7 Å². The van der Waals surface area contributed by atoms with E-state index < -0.39 is 0 Å². The molecule has 26 heavy (non-hydrogen) atoms. The van der Waals surface area contributed by atoms with E-state index in [0.29, 0.717) is 12.0 Å². The summed E-state index contributed by atoms with van der Waals surface area (Å²) >= 11 is 0. The average molecular weight is 351 g/mol. The van der Waals surface area contributed by atoms with Crippen LogP contribution in [0.25, 0.3) is 16.7 Å². The molecule has 0 spiro atoms. The number of H-pyrrole nitrogens is 1. The fraction of sp³-hybridized carbons (Fsp3) is 0.294. The molecule has 0 unspecified atom stereocenters. The lowest BCUT2D eigenvalue weighted by Crippen LogP contribution is -2.38. The maximum Gasteiger partial charge on any atom is 0.247 e. The molecule has 3 aromatic heterocycles. The lowest BCUT2D eigenvalue weighted by Gasteiger charge is -2.24. The highest BCUT2D eigenvalue weighted by atomic mass is 15.4. The van der Waals surface area contributed by atoms with Gasteiger partial charge in [-0.2, -0.15) is 24.9 Å². The van der Waals surface area contributed by atoms with Crippen LogP contribution in [0.15, 0.2) is 36.4 Å². The molecule has 134 valence electrons.